The fraction of sp³-hybridized carbons (Fsp3) is 0.349. The molecule has 4 amide bonds. The van der Waals surface area contributed by atoms with E-state index in [-0.39, 0.29) is 121 Å². The van der Waals surface area contributed by atoms with Gasteiger partial charge >= 0.3 is 0 Å². The van der Waals surface area contributed by atoms with Gasteiger partial charge in [0.25, 0.3) is 5.91 Å². The molecular formula is C63H61Br4N4O13-. The van der Waals surface area contributed by atoms with Crippen LogP contribution in [0.1, 0.15) is 104 Å². The minimum absolute atomic E-state index is 0.127. The lowest BCUT2D eigenvalue weighted by atomic mass is 9.35. The van der Waals surface area contributed by atoms with Gasteiger partial charge in [0.15, 0.2) is 34.3 Å². The second-order valence-corrected chi connectivity index (χ2v) is 26.6. The molecule has 10 N–H and O–H groups in total. The maximum Gasteiger partial charge on any atom is 0.252 e. The van der Waals surface area contributed by atoms with Crippen LogP contribution < -0.4 is 31.8 Å². The summed E-state index contributed by atoms with van der Waals surface area (Å²) in [5, 5.41) is 86.1. The predicted molar refractivity (Wildman–Crippen MR) is 327 cm³/mol. The molecule has 5 aliphatic carbocycles. The Labute approximate surface area is 517 Å². The van der Waals surface area contributed by atoms with Crippen molar-refractivity contribution in [2.75, 3.05) is 19.6 Å². The number of phenolic OH excluding ortho intramolecular Hbond substituents is 6. The highest BCUT2D eigenvalue weighted by Crippen LogP contribution is 2.74. The summed E-state index contributed by atoms with van der Waals surface area (Å²) in [4.78, 5) is 71.0. The molecule has 21 heteroatoms. The molecule has 17 nitrogen and oxygen atoms in total. The molecule has 0 radical (unpaired) electrons. The molecule has 4 saturated carbocycles. The molecule has 4 fully saturated rings. The van der Waals surface area contributed by atoms with Crippen molar-refractivity contribution in [3.8, 4) is 62.7 Å². The van der Waals surface area contributed by atoms with E-state index in [1.165, 1.54) is 36.4 Å². The highest BCUT2D eigenvalue weighted by molar-refractivity contribution is 9.11. The van der Waals surface area contributed by atoms with Crippen molar-refractivity contribution in [1.82, 2.24) is 21.3 Å². The van der Waals surface area contributed by atoms with E-state index in [9.17, 15) is 54.9 Å². The van der Waals surface area contributed by atoms with E-state index in [2.05, 4.69) is 85.0 Å². The number of aromatic hydroxyl groups is 6. The van der Waals surface area contributed by atoms with Gasteiger partial charge in [-0.25, -0.2) is 0 Å². The average molecular weight is 1400 g/mol. The fourth-order valence-electron chi connectivity index (χ4n) is 14.3. The number of halogens is 4. The van der Waals surface area contributed by atoms with Gasteiger partial charge in [0.1, 0.15) is 20.4 Å². The van der Waals surface area contributed by atoms with Gasteiger partial charge in [0, 0.05) is 66.5 Å². The Morgan fingerprint density at radius 1 is 0.536 bits per heavy atom. The summed E-state index contributed by atoms with van der Waals surface area (Å²) in [5.41, 5.74) is 1.27. The maximum absolute atomic E-state index is 15.8. The largest absolute Gasteiger partial charge is 0.870 e. The summed E-state index contributed by atoms with van der Waals surface area (Å²) in [6, 6.07) is 23.8. The van der Waals surface area contributed by atoms with Gasteiger partial charge in [-0.1, -0.05) is 48.2 Å². The van der Waals surface area contributed by atoms with Crippen LogP contribution in [0, 0.1) is 16.2 Å². The van der Waals surface area contributed by atoms with E-state index in [0.717, 1.165) is 11.1 Å². The number of benzene rings is 6. The molecule has 1 heterocycles. The number of hydrogen-bond acceptors (Lipinski definition) is 13. The number of hydrogen-bond donors (Lipinski definition) is 10. The summed E-state index contributed by atoms with van der Waals surface area (Å²) in [7, 11) is 0. The maximum atomic E-state index is 15.8. The van der Waals surface area contributed by atoms with Crippen LogP contribution >= 0.6 is 63.7 Å². The minimum Gasteiger partial charge on any atom is -0.870 e. The van der Waals surface area contributed by atoms with Crippen LogP contribution in [0.2, 0.25) is 0 Å². The third-order valence-electron chi connectivity index (χ3n) is 17.2. The number of fused-ring (bicyclic) bond motifs is 2. The zero-order chi connectivity index (χ0) is 59.9. The van der Waals surface area contributed by atoms with E-state index in [0.29, 0.717) is 115 Å². The standard InChI is InChI=1S/C63H62Br4N4O13/c64-41-26-39-52(40-27-42(65)56(82)54(67)58(40)84-57(39)53(66)55(41)81)37-3-1-2-4-38(37)59(83)71-63-31-60(17-11-49(78)68-20-14-34-5-8-43(72)46(75)23-34)28-61(32-63,18-12-50(79)69-21-15-35-6-9-44(73)47(76)24-35)30-62(29-60,33-63)19-13-51(80)70-22-16-36-7-10-45(74)48(77)25-36/h1-10,23-27,72-77,81H,11-22,28-33H2,(H,68,78)(H,69,79)(H,70,80)(H,71,83)/p-1/t60-,61+,62?,63?. The Bertz CT molecular complexity index is 3570. The van der Waals surface area contributed by atoms with Crippen LogP contribution in [-0.4, -0.2) is 79.4 Å². The first-order chi connectivity index (χ1) is 40.0. The van der Waals surface area contributed by atoms with Gasteiger partial charge in [-0.2, -0.15) is 0 Å². The van der Waals surface area contributed by atoms with Crippen molar-refractivity contribution in [3.63, 3.8) is 0 Å². The smallest absolute Gasteiger partial charge is 0.252 e. The van der Waals surface area contributed by atoms with E-state index < -0.39 is 33.4 Å². The van der Waals surface area contributed by atoms with E-state index in [1.807, 2.05) is 12.1 Å². The summed E-state index contributed by atoms with van der Waals surface area (Å²) in [6.45, 7) is 0.797. The number of carbonyl (C=O) groups is 4. The molecule has 84 heavy (non-hydrogen) atoms. The second-order valence-electron chi connectivity index (χ2n) is 23.3. The quantitative estimate of drug-likeness (QED) is 0.0237. The number of rotatable bonds is 21. The monoisotopic (exact) mass is 1400 g/mol. The van der Waals surface area contributed by atoms with Crippen LogP contribution in [0.15, 0.2) is 118 Å². The van der Waals surface area contributed by atoms with Crippen LogP contribution in [0.3, 0.4) is 0 Å². The van der Waals surface area contributed by atoms with Crippen LogP contribution in [0.5, 0.6) is 40.2 Å². The van der Waals surface area contributed by atoms with Crippen molar-refractivity contribution >= 4 is 98.3 Å². The molecule has 4 bridgehead atoms. The molecule has 1 aliphatic heterocycles. The molecule has 0 spiro atoms. The highest BCUT2D eigenvalue weighted by atomic mass is 79.9. The Hall–Kier alpha value is -6.81. The van der Waals surface area contributed by atoms with Crippen molar-refractivity contribution in [2.45, 2.75) is 102 Å². The molecule has 2 unspecified atom stereocenters. The summed E-state index contributed by atoms with van der Waals surface area (Å²) >= 11 is 13.9. The Morgan fingerprint density at radius 2 is 1.01 bits per heavy atom. The third-order valence-corrected chi connectivity index (χ3v) is 19.8. The molecule has 5 aromatic carbocycles. The van der Waals surface area contributed by atoms with Crippen molar-refractivity contribution < 1.29 is 59.3 Å². The Balaban J connectivity index is 0.991. The lowest BCUT2D eigenvalue weighted by Gasteiger charge is -2.71. The highest BCUT2D eigenvalue weighted by Gasteiger charge is 2.68. The van der Waals surface area contributed by atoms with E-state index in [1.54, 1.807) is 42.5 Å². The lowest BCUT2D eigenvalue weighted by molar-refractivity contribution is -0.270. The van der Waals surface area contributed by atoms with Crippen molar-refractivity contribution in [2.24, 2.45) is 16.2 Å². The third kappa shape index (κ3) is 12.7. The number of carbonyl (C=O) groups excluding carboxylic acids is 4. The summed E-state index contributed by atoms with van der Waals surface area (Å²) < 4.78 is 7.33. The lowest BCUT2D eigenvalue weighted by Crippen LogP contribution is -2.69. The van der Waals surface area contributed by atoms with Gasteiger partial charge in [-0.15, -0.1) is 0 Å². The minimum atomic E-state index is -0.905. The van der Waals surface area contributed by atoms with Gasteiger partial charge < -0.3 is 61.4 Å². The first-order valence-electron chi connectivity index (χ1n) is 27.7. The second kappa shape index (κ2) is 24.3. The molecule has 0 aromatic heterocycles. The first-order valence-corrected chi connectivity index (χ1v) is 30.8. The predicted octanol–water partition coefficient (Wildman–Crippen LogP) is 11.1. The normalized spacial score (nSPS) is 20.5. The van der Waals surface area contributed by atoms with Gasteiger partial charge in [0.2, 0.25) is 23.2 Å². The van der Waals surface area contributed by atoms with Gasteiger partial charge in [-0.05, 0) is 228 Å². The molecule has 11 rings (SSSR count). The zero-order valence-electron chi connectivity index (χ0n) is 45.4. The van der Waals surface area contributed by atoms with Crippen LogP contribution in [-0.2, 0) is 33.6 Å². The number of nitrogens with one attached hydrogen (secondary N) is 4. The first kappa shape index (κ1) is 60.3. The zero-order valence-corrected chi connectivity index (χ0v) is 51.8. The molecular weight excluding hydrogens is 1340 g/mol. The fourth-order valence-corrected chi connectivity index (χ4v) is 16.7. The van der Waals surface area contributed by atoms with Crippen LogP contribution in [0.4, 0.5) is 0 Å². The molecule has 0 saturated heterocycles. The Kier molecular flexibility index (Phi) is 17.4. The van der Waals surface area contributed by atoms with Gasteiger partial charge in [0.05, 0.1) is 8.95 Å². The molecule has 440 valence electrons. The average Bonchev–Trinajstić information content (AvgIpc) is 0.725. The number of amides is 4. The van der Waals surface area contributed by atoms with Gasteiger partial charge in [-0.3, -0.25) is 24.0 Å². The molecule has 5 aromatic rings. The SMILES string of the molecule is O=C(CCC12CC3(NC(=O)c4ccccc4-c4c5cc(Br)c(=O)c(Br)c-5oc5c(Br)c(O)c(Br)cc45)C[C@](CCC(=O)NCCc4ccc(O)c(O)c4)(C1)C[C@](CCC(=O)NCCc1ccc(O)c(O)c1)(C2)C3)NCCc1ccc([O-])c(O)c1. The molecule has 6 aliphatic rings. The summed E-state index contributed by atoms with van der Waals surface area (Å²) in [6.07, 6.45) is 6.41. The molecule has 4 atom stereocenters. The van der Waals surface area contributed by atoms with Crippen molar-refractivity contribution in [3.05, 3.63) is 141 Å². The summed E-state index contributed by atoms with van der Waals surface area (Å²) in [5.74, 6) is -2.78. The van der Waals surface area contributed by atoms with Crippen LogP contribution in [0.25, 0.3) is 33.4 Å². The number of phenols is 6. The van der Waals surface area contributed by atoms with Crippen molar-refractivity contribution in [1.29, 1.82) is 0 Å². The van der Waals surface area contributed by atoms with E-state index >= 15 is 4.79 Å². The Morgan fingerprint density at radius 3 is 1.50 bits per heavy atom. The topological polar surface area (TPSA) is 291 Å². The van der Waals surface area contributed by atoms with E-state index in [4.69, 9.17) is 4.42 Å².